The molecule has 5 nitrogen and oxygen atoms in total. The van der Waals surface area contributed by atoms with Crippen LogP contribution in [0.25, 0.3) is 22.3 Å². The van der Waals surface area contributed by atoms with Crippen LogP contribution in [0.2, 0.25) is 0 Å². The summed E-state index contributed by atoms with van der Waals surface area (Å²) in [6, 6.07) is 13.6. The average Bonchev–Trinajstić information content (AvgIpc) is 2.72. The standard InChI is InChI=1S/C23H24N4O/c1-4-12-27(5-2)23(28)19-8-9-20-21(14-19)26-22(15-25-20)18-7-6-17(10-11-24)16(3)13-18/h6-9,13-15H,4-5,10,12H2,1-3H3. The van der Waals surface area contributed by atoms with Gasteiger partial charge in [0, 0.05) is 24.2 Å². The summed E-state index contributed by atoms with van der Waals surface area (Å²) < 4.78 is 0. The summed E-state index contributed by atoms with van der Waals surface area (Å²) in [4.78, 5) is 23.8. The van der Waals surface area contributed by atoms with E-state index in [1.165, 1.54) is 0 Å². The summed E-state index contributed by atoms with van der Waals surface area (Å²) in [5.41, 5.74) is 5.88. The van der Waals surface area contributed by atoms with Crippen LogP contribution in [0, 0.1) is 18.3 Å². The second kappa shape index (κ2) is 8.62. The Kier molecular flexibility index (Phi) is 6.00. The molecule has 3 rings (SSSR count). The van der Waals surface area contributed by atoms with Gasteiger partial charge in [-0.15, -0.1) is 0 Å². The maximum Gasteiger partial charge on any atom is 0.253 e. The molecule has 142 valence electrons. The molecule has 1 aromatic heterocycles. The predicted molar refractivity (Wildman–Crippen MR) is 111 cm³/mol. The topological polar surface area (TPSA) is 69.9 Å². The molecule has 0 aliphatic heterocycles. The zero-order valence-electron chi connectivity index (χ0n) is 16.6. The number of benzene rings is 2. The van der Waals surface area contributed by atoms with E-state index in [4.69, 9.17) is 10.2 Å². The molecule has 0 aliphatic rings. The SMILES string of the molecule is CCCN(CC)C(=O)c1ccc2ncc(-c3ccc(CC#N)c(C)c3)nc2c1. The van der Waals surface area contributed by atoms with Crippen molar-refractivity contribution in [2.75, 3.05) is 13.1 Å². The number of nitrogens with zero attached hydrogens (tertiary/aromatic N) is 4. The van der Waals surface area contributed by atoms with Gasteiger partial charge in [-0.3, -0.25) is 9.78 Å². The molecule has 1 heterocycles. The first kappa shape index (κ1) is 19.5. The fourth-order valence-electron chi connectivity index (χ4n) is 3.28. The Labute approximate surface area is 165 Å². The second-order valence-corrected chi connectivity index (χ2v) is 6.82. The van der Waals surface area contributed by atoms with Crippen LogP contribution in [0.3, 0.4) is 0 Å². The van der Waals surface area contributed by atoms with Crippen molar-refractivity contribution in [2.45, 2.75) is 33.6 Å². The van der Waals surface area contributed by atoms with Gasteiger partial charge in [0.1, 0.15) is 0 Å². The van der Waals surface area contributed by atoms with Crippen molar-refractivity contribution >= 4 is 16.9 Å². The number of hydrogen-bond donors (Lipinski definition) is 0. The van der Waals surface area contributed by atoms with E-state index < -0.39 is 0 Å². The molecule has 2 aromatic carbocycles. The van der Waals surface area contributed by atoms with Crippen molar-refractivity contribution < 1.29 is 4.79 Å². The zero-order valence-corrected chi connectivity index (χ0v) is 16.6. The third-order valence-corrected chi connectivity index (χ3v) is 4.86. The molecule has 0 saturated carbocycles. The molecule has 0 saturated heterocycles. The van der Waals surface area contributed by atoms with Gasteiger partial charge in [0.15, 0.2) is 0 Å². The highest BCUT2D eigenvalue weighted by molar-refractivity contribution is 5.97. The van der Waals surface area contributed by atoms with Crippen LogP contribution in [0.15, 0.2) is 42.6 Å². The van der Waals surface area contributed by atoms with E-state index in [1.54, 1.807) is 6.20 Å². The minimum absolute atomic E-state index is 0.0233. The van der Waals surface area contributed by atoms with Crippen molar-refractivity contribution in [2.24, 2.45) is 0 Å². The summed E-state index contributed by atoms with van der Waals surface area (Å²) in [6.45, 7) is 7.48. The molecular weight excluding hydrogens is 348 g/mol. The van der Waals surface area contributed by atoms with Crippen LogP contribution in [0.4, 0.5) is 0 Å². The van der Waals surface area contributed by atoms with Gasteiger partial charge >= 0.3 is 0 Å². The predicted octanol–water partition coefficient (Wildman–Crippen LogP) is 4.54. The quantitative estimate of drug-likeness (QED) is 0.637. The monoisotopic (exact) mass is 372 g/mol. The maximum atomic E-state index is 12.8. The largest absolute Gasteiger partial charge is 0.339 e. The summed E-state index contributed by atoms with van der Waals surface area (Å²) >= 11 is 0. The lowest BCUT2D eigenvalue weighted by molar-refractivity contribution is 0.0764. The fourth-order valence-corrected chi connectivity index (χ4v) is 3.28. The number of amides is 1. The highest BCUT2D eigenvalue weighted by atomic mass is 16.2. The minimum atomic E-state index is 0.0233. The Morgan fingerprint density at radius 2 is 1.96 bits per heavy atom. The van der Waals surface area contributed by atoms with Gasteiger partial charge in [0.2, 0.25) is 0 Å². The lowest BCUT2D eigenvalue weighted by Crippen LogP contribution is -2.31. The fraction of sp³-hybridized carbons (Fsp3) is 0.304. The molecule has 28 heavy (non-hydrogen) atoms. The van der Waals surface area contributed by atoms with Crippen LogP contribution in [0.5, 0.6) is 0 Å². The Morgan fingerprint density at radius 3 is 2.64 bits per heavy atom. The lowest BCUT2D eigenvalue weighted by atomic mass is 10.0. The van der Waals surface area contributed by atoms with E-state index >= 15 is 0 Å². The smallest absolute Gasteiger partial charge is 0.253 e. The van der Waals surface area contributed by atoms with E-state index in [9.17, 15) is 4.79 Å². The van der Waals surface area contributed by atoms with E-state index in [-0.39, 0.29) is 5.91 Å². The summed E-state index contributed by atoms with van der Waals surface area (Å²) in [6.07, 6.45) is 3.07. The third kappa shape index (κ3) is 4.01. The molecule has 0 N–H and O–H groups in total. The van der Waals surface area contributed by atoms with Gasteiger partial charge in [-0.2, -0.15) is 5.26 Å². The Hall–Kier alpha value is -3.26. The van der Waals surface area contributed by atoms with E-state index in [2.05, 4.69) is 18.0 Å². The summed E-state index contributed by atoms with van der Waals surface area (Å²) in [5, 5.41) is 8.91. The zero-order chi connectivity index (χ0) is 20.1. The molecule has 0 spiro atoms. The molecule has 0 bridgehead atoms. The van der Waals surface area contributed by atoms with Gasteiger partial charge in [-0.1, -0.05) is 19.1 Å². The lowest BCUT2D eigenvalue weighted by Gasteiger charge is -2.20. The molecule has 0 aliphatic carbocycles. The van der Waals surface area contributed by atoms with Crippen molar-refractivity contribution in [1.29, 1.82) is 5.26 Å². The first-order chi connectivity index (χ1) is 13.6. The van der Waals surface area contributed by atoms with E-state index in [0.717, 1.165) is 40.9 Å². The van der Waals surface area contributed by atoms with E-state index in [0.29, 0.717) is 24.0 Å². The number of aryl methyl sites for hydroxylation is 1. The maximum absolute atomic E-state index is 12.8. The normalized spacial score (nSPS) is 10.6. The van der Waals surface area contributed by atoms with Crippen molar-refractivity contribution in [3.05, 3.63) is 59.3 Å². The molecule has 0 atom stereocenters. The molecule has 0 fully saturated rings. The average molecular weight is 372 g/mol. The number of aromatic nitrogens is 2. The van der Waals surface area contributed by atoms with Crippen molar-refractivity contribution in [3.63, 3.8) is 0 Å². The first-order valence-electron chi connectivity index (χ1n) is 9.60. The Morgan fingerprint density at radius 1 is 1.14 bits per heavy atom. The summed E-state index contributed by atoms with van der Waals surface area (Å²) in [5.74, 6) is 0.0233. The number of fused-ring (bicyclic) bond motifs is 1. The highest BCUT2D eigenvalue weighted by Gasteiger charge is 2.14. The molecule has 0 unspecified atom stereocenters. The Balaban J connectivity index is 1.98. The third-order valence-electron chi connectivity index (χ3n) is 4.86. The molecular formula is C23H24N4O. The Bertz CT molecular complexity index is 1050. The first-order valence-corrected chi connectivity index (χ1v) is 9.60. The highest BCUT2D eigenvalue weighted by Crippen LogP contribution is 2.23. The molecule has 3 aromatic rings. The number of carbonyl (C=O) groups excluding carboxylic acids is 1. The van der Waals surface area contributed by atoms with Crippen LogP contribution in [0.1, 0.15) is 41.8 Å². The van der Waals surface area contributed by atoms with Gasteiger partial charge in [-0.25, -0.2) is 4.98 Å². The second-order valence-electron chi connectivity index (χ2n) is 6.82. The number of nitriles is 1. The summed E-state index contributed by atoms with van der Waals surface area (Å²) in [7, 11) is 0. The number of hydrogen-bond acceptors (Lipinski definition) is 4. The molecule has 5 heteroatoms. The van der Waals surface area contributed by atoms with Gasteiger partial charge in [0.25, 0.3) is 5.91 Å². The van der Waals surface area contributed by atoms with Crippen LogP contribution >= 0.6 is 0 Å². The minimum Gasteiger partial charge on any atom is -0.339 e. The van der Waals surface area contributed by atoms with Gasteiger partial charge in [0.05, 0.1) is 35.4 Å². The van der Waals surface area contributed by atoms with Gasteiger partial charge < -0.3 is 4.90 Å². The molecule has 0 radical (unpaired) electrons. The molecule has 1 amide bonds. The van der Waals surface area contributed by atoms with Gasteiger partial charge in [-0.05, 0) is 55.7 Å². The number of carbonyl (C=O) groups is 1. The van der Waals surface area contributed by atoms with Crippen molar-refractivity contribution in [3.8, 4) is 17.3 Å². The van der Waals surface area contributed by atoms with E-state index in [1.807, 2.05) is 55.1 Å². The number of rotatable bonds is 6. The van der Waals surface area contributed by atoms with Crippen molar-refractivity contribution in [1.82, 2.24) is 14.9 Å². The van der Waals surface area contributed by atoms with Crippen LogP contribution in [-0.2, 0) is 6.42 Å². The van der Waals surface area contributed by atoms with Crippen LogP contribution in [-0.4, -0.2) is 33.9 Å². The van der Waals surface area contributed by atoms with Crippen LogP contribution < -0.4 is 0 Å².